The van der Waals surface area contributed by atoms with Crippen molar-refractivity contribution in [2.24, 2.45) is 0 Å². The molecule has 4 rings (SSSR count). The van der Waals surface area contributed by atoms with Crippen molar-refractivity contribution in [3.8, 4) is 5.75 Å². The zero-order chi connectivity index (χ0) is 21.8. The molecule has 0 saturated carbocycles. The number of nitrogens with one attached hydrogen (secondary N) is 1. The third kappa shape index (κ3) is 4.92. The number of likely N-dealkylation sites (tertiary alicyclic amines) is 1. The number of ether oxygens (including phenoxy) is 1. The third-order valence-electron chi connectivity index (χ3n) is 5.70. The summed E-state index contributed by atoms with van der Waals surface area (Å²) in [4.78, 5) is 27.6. The highest BCUT2D eigenvalue weighted by molar-refractivity contribution is 6.31. The molecule has 1 aliphatic rings. The second kappa shape index (κ2) is 9.54. The van der Waals surface area contributed by atoms with Gasteiger partial charge in [-0.3, -0.25) is 14.5 Å². The van der Waals surface area contributed by atoms with Gasteiger partial charge in [-0.05, 0) is 61.8 Å². The van der Waals surface area contributed by atoms with Gasteiger partial charge in [-0.2, -0.15) is 0 Å². The number of amides is 1. The lowest BCUT2D eigenvalue weighted by molar-refractivity contribution is 0.0897. The number of carbonyl (C=O) groups excluding carboxylic acids is 1. The lowest BCUT2D eigenvalue weighted by Crippen LogP contribution is -2.40. The summed E-state index contributed by atoms with van der Waals surface area (Å²) >= 11 is 5.96. The van der Waals surface area contributed by atoms with Gasteiger partial charge in [0, 0.05) is 17.6 Å². The van der Waals surface area contributed by atoms with E-state index in [0.29, 0.717) is 22.5 Å². The second-order valence-corrected chi connectivity index (χ2v) is 8.15. The largest absolute Gasteiger partial charge is 0.497 e. The molecule has 2 heterocycles. The summed E-state index contributed by atoms with van der Waals surface area (Å²) in [6.07, 6.45) is 3.51. The quantitative estimate of drug-likeness (QED) is 0.614. The Bertz CT molecular complexity index is 1120. The van der Waals surface area contributed by atoms with Gasteiger partial charge in [0.15, 0.2) is 11.2 Å². The number of hydrogen-bond acceptors (Lipinski definition) is 5. The summed E-state index contributed by atoms with van der Waals surface area (Å²) in [5, 5.41) is 3.76. The van der Waals surface area contributed by atoms with Crippen molar-refractivity contribution in [1.29, 1.82) is 0 Å². The van der Waals surface area contributed by atoms with Crippen molar-refractivity contribution in [3.63, 3.8) is 0 Å². The number of piperidine rings is 1. The van der Waals surface area contributed by atoms with E-state index in [1.165, 1.54) is 12.5 Å². The van der Waals surface area contributed by atoms with Gasteiger partial charge in [-0.25, -0.2) is 0 Å². The maximum atomic E-state index is 12.8. The van der Waals surface area contributed by atoms with E-state index in [4.69, 9.17) is 20.8 Å². The van der Waals surface area contributed by atoms with E-state index in [1.807, 2.05) is 24.3 Å². The van der Waals surface area contributed by atoms with Crippen LogP contribution in [-0.2, 0) is 0 Å². The molecule has 0 bridgehead atoms. The highest BCUT2D eigenvalue weighted by atomic mass is 35.5. The predicted octanol–water partition coefficient (Wildman–Crippen LogP) is 4.41. The standard InChI is InChI=1S/C24H25ClN2O4/c1-30-18-8-5-16(6-9-18)20(27-11-3-2-4-12-27)15-26-24(29)23-14-21(28)19-13-17(25)7-10-22(19)31-23/h5-10,13-14,20H,2-4,11-12,15H2,1H3,(H,26,29)/t20-/m1/s1. The van der Waals surface area contributed by atoms with Crippen LogP contribution >= 0.6 is 11.6 Å². The van der Waals surface area contributed by atoms with Gasteiger partial charge in [0.05, 0.1) is 18.5 Å². The average molecular weight is 441 g/mol. The number of hydrogen-bond donors (Lipinski definition) is 1. The maximum absolute atomic E-state index is 12.8. The zero-order valence-corrected chi connectivity index (χ0v) is 18.2. The van der Waals surface area contributed by atoms with Crippen LogP contribution in [0.5, 0.6) is 5.75 Å². The Morgan fingerprint density at radius 1 is 1.13 bits per heavy atom. The Hall–Kier alpha value is -2.83. The molecule has 162 valence electrons. The van der Waals surface area contributed by atoms with E-state index in [2.05, 4.69) is 10.2 Å². The number of carbonyl (C=O) groups is 1. The summed E-state index contributed by atoms with van der Waals surface area (Å²) in [6, 6.07) is 13.9. The fourth-order valence-electron chi connectivity index (χ4n) is 4.03. The van der Waals surface area contributed by atoms with Gasteiger partial charge >= 0.3 is 0 Å². The molecule has 31 heavy (non-hydrogen) atoms. The van der Waals surface area contributed by atoms with Gasteiger partial charge in [-0.15, -0.1) is 0 Å². The van der Waals surface area contributed by atoms with Crippen LogP contribution < -0.4 is 15.5 Å². The fraction of sp³-hybridized carbons (Fsp3) is 0.333. The molecule has 1 saturated heterocycles. The molecule has 1 aliphatic heterocycles. The first kappa shape index (κ1) is 21.4. The van der Waals surface area contributed by atoms with Gasteiger partial charge in [0.1, 0.15) is 11.3 Å². The van der Waals surface area contributed by atoms with Crippen LogP contribution in [0.25, 0.3) is 11.0 Å². The highest BCUT2D eigenvalue weighted by Crippen LogP contribution is 2.26. The van der Waals surface area contributed by atoms with E-state index in [-0.39, 0.29) is 17.2 Å². The van der Waals surface area contributed by atoms with Crippen molar-refractivity contribution in [3.05, 3.63) is 75.1 Å². The van der Waals surface area contributed by atoms with E-state index in [1.54, 1.807) is 25.3 Å². The van der Waals surface area contributed by atoms with Gasteiger partial charge in [0.2, 0.25) is 0 Å². The number of nitrogens with zero attached hydrogens (tertiary/aromatic N) is 1. The monoisotopic (exact) mass is 440 g/mol. The lowest BCUT2D eigenvalue weighted by Gasteiger charge is -2.35. The minimum Gasteiger partial charge on any atom is -0.497 e. The Balaban J connectivity index is 1.54. The number of halogens is 1. The van der Waals surface area contributed by atoms with Crippen LogP contribution in [0.3, 0.4) is 0 Å². The van der Waals surface area contributed by atoms with Crippen LogP contribution in [0.2, 0.25) is 5.02 Å². The summed E-state index contributed by atoms with van der Waals surface area (Å²) < 4.78 is 10.9. The van der Waals surface area contributed by atoms with Crippen LogP contribution in [0.15, 0.2) is 57.7 Å². The molecule has 7 heteroatoms. The number of benzene rings is 2. The van der Waals surface area contributed by atoms with Crippen molar-refractivity contribution in [2.45, 2.75) is 25.3 Å². The van der Waals surface area contributed by atoms with Crippen LogP contribution in [0, 0.1) is 0 Å². The van der Waals surface area contributed by atoms with Crippen LogP contribution in [0.4, 0.5) is 0 Å². The molecule has 1 aromatic heterocycles. The SMILES string of the molecule is COc1ccc([C@@H](CNC(=O)c2cc(=O)c3cc(Cl)ccc3o2)N2CCCCC2)cc1. The molecule has 2 aromatic carbocycles. The minimum atomic E-state index is -0.413. The molecule has 0 spiro atoms. The topological polar surface area (TPSA) is 71.8 Å². The summed E-state index contributed by atoms with van der Waals surface area (Å²) in [5.74, 6) is 0.375. The van der Waals surface area contributed by atoms with Gasteiger partial charge in [-0.1, -0.05) is 30.2 Å². The highest BCUT2D eigenvalue weighted by Gasteiger charge is 2.24. The first-order valence-electron chi connectivity index (χ1n) is 10.4. The van der Waals surface area contributed by atoms with Crippen LogP contribution in [-0.4, -0.2) is 37.6 Å². The number of fused-ring (bicyclic) bond motifs is 1. The minimum absolute atomic E-state index is 0.00746. The van der Waals surface area contributed by atoms with Crippen molar-refractivity contribution >= 4 is 28.5 Å². The Morgan fingerprint density at radius 3 is 2.58 bits per heavy atom. The number of methoxy groups -OCH3 is 1. The molecule has 0 radical (unpaired) electrons. The molecule has 0 aliphatic carbocycles. The lowest BCUT2D eigenvalue weighted by atomic mass is 10.0. The van der Waals surface area contributed by atoms with E-state index in [9.17, 15) is 9.59 Å². The zero-order valence-electron chi connectivity index (χ0n) is 17.4. The summed E-state index contributed by atoms with van der Waals surface area (Å²) in [5.41, 5.74) is 1.15. The fourth-order valence-corrected chi connectivity index (χ4v) is 4.20. The summed E-state index contributed by atoms with van der Waals surface area (Å²) in [6.45, 7) is 2.38. The first-order valence-corrected chi connectivity index (χ1v) is 10.8. The molecule has 1 atom stereocenters. The molecule has 1 N–H and O–H groups in total. The van der Waals surface area contributed by atoms with E-state index >= 15 is 0 Å². The third-order valence-corrected chi connectivity index (χ3v) is 5.94. The Morgan fingerprint density at radius 2 is 1.87 bits per heavy atom. The Labute approximate surface area is 185 Å². The smallest absolute Gasteiger partial charge is 0.287 e. The van der Waals surface area contributed by atoms with E-state index < -0.39 is 5.91 Å². The molecule has 1 amide bonds. The molecule has 3 aromatic rings. The first-order chi connectivity index (χ1) is 15.0. The number of rotatable bonds is 6. The molecular weight excluding hydrogens is 416 g/mol. The average Bonchev–Trinajstić information content (AvgIpc) is 2.80. The molecule has 1 fully saturated rings. The van der Waals surface area contributed by atoms with Crippen molar-refractivity contribution < 1.29 is 13.9 Å². The second-order valence-electron chi connectivity index (χ2n) is 7.71. The molecule has 6 nitrogen and oxygen atoms in total. The Kier molecular flexibility index (Phi) is 6.59. The summed E-state index contributed by atoms with van der Waals surface area (Å²) in [7, 11) is 1.64. The van der Waals surface area contributed by atoms with Crippen molar-refractivity contribution in [1.82, 2.24) is 10.2 Å². The molecule has 0 unspecified atom stereocenters. The molecular formula is C24H25ClN2O4. The normalized spacial score (nSPS) is 15.5. The van der Waals surface area contributed by atoms with Crippen LogP contribution in [0.1, 0.15) is 41.4 Å². The van der Waals surface area contributed by atoms with Gasteiger partial charge in [0.25, 0.3) is 5.91 Å². The predicted molar refractivity (Wildman–Crippen MR) is 121 cm³/mol. The maximum Gasteiger partial charge on any atom is 0.287 e. The van der Waals surface area contributed by atoms with E-state index in [0.717, 1.165) is 37.2 Å². The van der Waals surface area contributed by atoms with Crippen molar-refractivity contribution in [2.75, 3.05) is 26.7 Å². The van der Waals surface area contributed by atoms with Gasteiger partial charge < -0.3 is 14.5 Å².